The largest absolute Gasteiger partial charge is 0.493 e. The molecular formula is C54H59N6O12+. The number of ether oxygens (including phenoxy) is 6. The summed E-state index contributed by atoms with van der Waals surface area (Å²) in [6.45, 7) is 2.82. The Morgan fingerprint density at radius 1 is 0.750 bits per heavy atom. The lowest BCUT2D eigenvalue weighted by molar-refractivity contribution is -0.955. The number of aliphatic hydroxyl groups is 1. The standard InChI is InChI=1S/C54H58N6O12/c1-67-45-23-34-17-20-60(31-37(34)24-46(45)68-2,30-33-11-14-44(43(21-33)58-50(62)15-18-55)71-51-26-39(61)25-49(72-51)54(65)66)19-16-32-9-12-38(13-10-32)57-53(64)40-27-47(69-3)48(70-4)28-42(40)59-52(63)36-22-35-7-5-6-8-41(35)56-29-36/h5-14,21-24,27-29,39,49,51,61H,15-20,25-26,30-31,55H2,1-4H3,(H3-,57,58,59,62,63,64,65,66)/p+1. The van der Waals surface area contributed by atoms with Gasteiger partial charge in [0.1, 0.15) is 18.8 Å². The molecule has 72 heavy (non-hydrogen) atoms. The van der Waals surface area contributed by atoms with Gasteiger partial charge in [-0.15, -0.1) is 0 Å². The van der Waals surface area contributed by atoms with Gasteiger partial charge in [0.25, 0.3) is 11.8 Å². The van der Waals surface area contributed by atoms with Crippen LogP contribution < -0.4 is 45.4 Å². The molecule has 6 aromatic rings. The SMILES string of the molecule is COc1cc2c(cc1OC)C[N+](CCc1ccc(NC(=O)c3cc(OC)c(OC)cc3NC(=O)c3cnc4ccccc4c3)cc1)(Cc1ccc(OC3CC(O)CC(C(=O)O)O3)c(NC(=O)CCN)c1)CC2. The smallest absolute Gasteiger partial charge is 0.333 e. The summed E-state index contributed by atoms with van der Waals surface area (Å²) in [4.78, 5) is 56.8. The number of carboxylic acid groups (broad SMARTS) is 1. The number of nitrogens with two attached hydrogens (primary N) is 1. The summed E-state index contributed by atoms with van der Waals surface area (Å²) in [5.41, 5.74) is 12.3. The minimum absolute atomic E-state index is 0.0484. The molecule has 18 nitrogen and oxygen atoms in total. The number of fused-ring (bicyclic) bond motifs is 2. The summed E-state index contributed by atoms with van der Waals surface area (Å²) in [6.07, 6.45) is -0.296. The molecular weight excluding hydrogens is 925 g/mol. The molecule has 0 radical (unpaired) electrons. The summed E-state index contributed by atoms with van der Waals surface area (Å²) < 4.78 is 34.8. The van der Waals surface area contributed by atoms with Gasteiger partial charge in [-0.1, -0.05) is 30.3 Å². The number of methoxy groups -OCH3 is 4. The van der Waals surface area contributed by atoms with E-state index >= 15 is 0 Å². The Morgan fingerprint density at radius 3 is 2.17 bits per heavy atom. The number of hydrogen-bond donors (Lipinski definition) is 6. The van der Waals surface area contributed by atoms with E-state index in [1.54, 1.807) is 32.4 Å². The van der Waals surface area contributed by atoms with Crippen molar-refractivity contribution in [2.75, 3.05) is 64.0 Å². The minimum Gasteiger partial charge on any atom is -0.493 e. The number of aromatic nitrogens is 1. The van der Waals surface area contributed by atoms with Crippen LogP contribution in [0, 0.1) is 0 Å². The molecule has 3 amide bonds. The maximum absolute atomic E-state index is 14.0. The lowest BCUT2D eigenvalue weighted by atomic mass is 9.94. The first-order chi connectivity index (χ1) is 34.8. The number of anilines is 3. The summed E-state index contributed by atoms with van der Waals surface area (Å²) >= 11 is 0. The van der Waals surface area contributed by atoms with Gasteiger partial charge in [-0.2, -0.15) is 0 Å². The molecule has 8 rings (SSSR count). The van der Waals surface area contributed by atoms with Crippen LogP contribution in [0.4, 0.5) is 17.1 Å². The predicted octanol–water partition coefficient (Wildman–Crippen LogP) is 6.71. The molecule has 3 heterocycles. The second-order valence-corrected chi connectivity index (χ2v) is 17.9. The van der Waals surface area contributed by atoms with E-state index in [0.717, 1.165) is 46.1 Å². The molecule has 1 saturated heterocycles. The molecule has 2 aliphatic heterocycles. The van der Waals surface area contributed by atoms with Crippen molar-refractivity contribution in [3.05, 3.63) is 137 Å². The Kier molecular flexibility index (Phi) is 15.8. The Bertz CT molecular complexity index is 2970. The monoisotopic (exact) mass is 983 g/mol. The van der Waals surface area contributed by atoms with Gasteiger partial charge in [-0.25, -0.2) is 4.79 Å². The van der Waals surface area contributed by atoms with Crippen LogP contribution in [-0.2, 0) is 40.3 Å². The molecule has 0 bridgehead atoms. The number of pyridine rings is 1. The fourth-order valence-corrected chi connectivity index (χ4v) is 9.27. The number of aliphatic carboxylic acids is 1. The van der Waals surface area contributed by atoms with Crippen molar-refractivity contribution in [3.63, 3.8) is 0 Å². The average molecular weight is 984 g/mol. The fourth-order valence-electron chi connectivity index (χ4n) is 9.27. The molecule has 18 heteroatoms. The molecule has 5 aromatic carbocycles. The van der Waals surface area contributed by atoms with E-state index in [1.165, 1.54) is 26.5 Å². The number of quaternary nitrogens is 1. The zero-order chi connectivity index (χ0) is 50.9. The number of aliphatic hydroxyl groups excluding tert-OH is 1. The molecule has 1 fully saturated rings. The van der Waals surface area contributed by atoms with Crippen LogP contribution in [0.2, 0.25) is 0 Å². The zero-order valence-corrected chi connectivity index (χ0v) is 40.6. The number of rotatable bonds is 19. The molecule has 7 N–H and O–H groups in total. The summed E-state index contributed by atoms with van der Waals surface area (Å²) in [6, 6.07) is 29.5. The van der Waals surface area contributed by atoms with Crippen molar-refractivity contribution in [1.29, 1.82) is 0 Å². The van der Waals surface area contributed by atoms with Crippen molar-refractivity contribution in [2.24, 2.45) is 5.73 Å². The van der Waals surface area contributed by atoms with E-state index in [-0.39, 0.29) is 48.7 Å². The summed E-state index contributed by atoms with van der Waals surface area (Å²) in [5.74, 6) is -0.289. The minimum atomic E-state index is -1.24. The van der Waals surface area contributed by atoms with Gasteiger partial charge in [0.15, 0.2) is 29.1 Å². The number of amides is 3. The van der Waals surface area contributed by atoms with Crippen LogP contribution in [0.3, 0.4) is 0 Å². The van der Waals surface area contributed by atoms with Crippen molar-refractivity contribution < 1.29 is 62.3 Å². The van der Waals surface area contributed by atoms with Crippen molar-refractivity contribution in [1.82, 2.24) is 4.98 Å². The predicted molar refractivity (Wildman–Crippen MR) is 269 cm³/mol. The zero-order valence-electron chi connectivity index (χ0n) is 40.6. The van der Waals surface area contributed by atoms with Crippen LogP contribution in [0.1, 0.15) is 62.2 Å². The number of hydrogen-bond acceptors (Lipinski definition) is 13. The molecule has 2 aliphatic rings. The first-order valence-corrected chi connectivity index (χ1v) is 23.6. The average Bonchev–Trinajstić information content (AvgIpc) is 3.38. The third-order valence-corrected chi connectivity index (χ3v) is 13.0. The molecule has 4 unspecified atom stereocenters. The van der Waals surface area contributed by atoms with Gasteiger partial charge in [-0.05, 0) is 71.8 Å². The highest BCUT2D eigenvalue weighted by Gasteiger charge is 2.36. The maximum Gasteiger partial charge on any atom is 0.333 e. The van der Waals surface area contributed by atoms with Gasteiger partial charge in [0.2, 0.25) is 12.2 Å². The van der Waals surface area contributed by atoms with Gasteiger partial charge < -0.3 is 64.8 Å². The fraction of sp³-hybridized carbons (Fsp3) is 0.315. The van der Waals surface area contributed by atoms with Crippen LogP contribution in [0.5, 0.6) is 28.7 Å². The van der Waals surface area contributed by atoms with Crippen molar-refractivity contribution in [2.45, 2.75) is 63.7 Å². The van der Waals surface area contributed by atoms with Gasteiger partial charge >= 0.3 is 5.97 Å². The number of carbonyl (C=O) groups is 4. The highest BCUT2D eigenvalue weighted by atomic mass is 16.7. The third kappa shape index (κ3) is 11.9. The maximum atomic E-state index is 14.0. The normalized spacial score (nSPS) is 18.3. The van der Waals surface area contributed by atoms with Crippen LogP contribution >= 0.6 is 0 Å². The van der Waals surface area contributed by atoms with Crippen molar-refractivity contribution in [3.8, 4) is 28.7 Å². The highest BCUT2D eigenvalue weighted by molar-refractivity contribution is 6.13. The Morgan fingerprint density at radius 2 is 1.44 bits per heavy atom. The lowest BCUT2D eigenvalue weighted by Crippen LogP contribution is -2.51. The first-order valence-electron chi connectivity index (χ1n) is 23.6. The molecule has 1 aromatic heterocycles. The number of para-hydroxylation sites is 1. The molecule has 4 atom stereocenters. The van der Waals surface area contributed by atoms with Gasteiger partial charge in [0.05, 0.1) is 75.7 Å². The molecule has 0 spiro atoms. The van der Waals surface area contributed by atoms with Crippen molar-refractivity contribution >= 4 is 51.7 Å². The molecule has 376 valence electrons. The van der Waals surface area contributed by atoms with Crippen LogP contribution in [-0.4, -0.2) is 110 Å². The number of carbonyl (C=O) groups excluding carboxylic acids is 3. The van der Waals surface area contributed by atoms with Gasteiger partial charge in [0, 0.05) is 73.1 Å². The first kappa shape index (κ1) is 50.6. The van der Waals surface area contributed by atoms with E-state index in [9.17, 15) is 29.4 Å². The number of nitrogens with zero attached hydrogens (tertiary/aromatic N) is 2. The summed E-state index contributed by atoms with van der Waals surface area (Å²) in [7, 11) is 6.17. The number of nitrogens with one attached hydrogen (secondary N) is 3. The highest BCUT2D eigenvalue weighted by Crippen LogP contribution is 2.39. The Labute approximate surface area is 416 Å². The molecule has 0 aliphatic carbocycles. The summed E-state index contributed by atoms with van der Waals surface area (Å²) in [5, 5.41) is 29.6. The Hall–Kier alpha value is -7.77. The Balaban J connectivity index is 1.03. The third-order valence-electron chi connectivity index (χ3n) is 13.0. The van der Waals surface area contributed by atoms with E-state index in [1.807, 2.05) is 72.8 Å². The lowest BCUT2D eigenvalue weighted by Gasteiger charge is -2.43. The second kappa shape index (κ2) is 22.5. The van der Waals surface area contributed by atoms with E-state index in [2.05, 4.69) is 20.9 Å². The molecule has 0 saturated carbocycles. The number of benzene rings is 5. The number of carboxylic acids is 1. The van der Waals surface area contributed by atoms with E-state index in [4.69, 9.17) is 34.2 Å². The van der Waals surface area contributed by atoms with Crippen LogP contribution in [0.25, 0.3) is 10.9 Å². The topological polar surface area (TPSA) is 239 Å². The van der Waals surface area contributed by atoms with Gasteiger partial charge in [-0.3, -0.25) is 19.4 Å². The van der Waals surface area contributed by atoms with E-state index < -0.39 is 36.3 Å². The van der Waals surface area contributed by atoms with E-state index in [0.29, 0.717) is 70.5 Å². The second-order valence-electron chi connectivity index (χ2n) is 17.9. The van der Waals surface area contributed by atoms with Crippen LogP contribution in [0.15, 0.2) is 103 Å². The quantitative estimate of drug-likeness (QED) is 0.0463.